The molecular formula is C17H22N4. The van der Waals surface area contributed by atoms with Gasteiger partial charge in [-0.2, -0.15) is 0 Å². The van der Waals surface area contributed by atoms with Gasteiger partial charge in [0.15, 0.2) is 0 Å². The normalized spacial score (nSPS) is 14.4. The molecule has 2 aromatic rings. The Labute approximate surface area is 126 Å². The first-order valence-electron chi connectivity index (χ1n) is 7.51. The third kappa shape index (κ3) is 2.84. The minimum Gasteiger partial charge on any atom is -0.399 e. The number of rotatable bonds is 2. The van der Waals surface area contributed by atoms with Crippen LogP contribution in [0.4, 0.5) is 11.5 Å². The number of anilines is 2. The van der Waals surface area contributed by atoms with Crippen LogP contribution in [-0.4, -0.2) is 16.5 Å². The van der Waals surface area contributed by atoms with E-state index < -0.39 is 0 Å². The molecule has 0 saturated carbocycles. The van der Waals surface area contributed by atoms with Gasteiger partial charge in [0.25, 0.3) is 0 Å². The highest BCUT2D eigenvalue weighted by Crippen LogP contribution is 2.26. The third-order valence-electron chi connectivity index (χ3n) is 3.94. The molecule has 2 N–H and O–H groups in total. The zero-order valence-corrected chi connectivity index (χ0v) is 12.9. The number of nitrogen functional groups attached to an aromatic ring is 1. The smallest absolute Gasteiger partial charge is 0.133 e. The van der Waals surface area contributed by atoms with E-state index >= 15 is 0 Å². The van der Waals surface area contributed by atoms with Crippen molar-refractivity contribution in [1.82, 2.24) is 9.97 Å². The van der Waals surface area contributed by atoms with Gasteiger partial charge in [0.1, 0.15) is 11.6 Å². The molecule has 4 heteroatoms. The topological polar surface area (TPSA) is 55.0 Å². The standard InChI is InChI=1S/C17H22N4/c1-11(2)17-19-12(3)8-16(20-17)21-7-6-13-4-5-15(18)9-14(13)10-21/h4-5,8-9,11H,6-7,10,18H2,1-3H3. The molecule has 3 rings (SSSR count). The summed E-state index contributed by atoms with van der Waals surface area (Å²) in [5, 5.41) is 0. The number of nitrogens with zero attached hydrogens (tertiary/aromatic N) is 3. The molecule has 1 aliphatic rings. The maximum absolute atomic E-state index is 5.91. The number of benzene rings is 1. The van der Waals surface area contributed by atoms with E-state index in [4.69, 9.17) is 10.7 Å². The quantitative estimate of drug-likeness (QED) is 0.860. The van der Waals surface area contributed by atoms with Gasteiger partial charge in [-0.3, -0.25) is 0 Å². The van der Waals surface area contributed by atoms with E-state index in [9.17, 15) is 0 Å². The summed E-state index contributed by atoms with van der Waals surface area (Å²) in [6, 6.07) is 8.29. The van der Waals surface area contributed by atoms with Crippen molar-refractivity contribution in [3.8, 4) is 0 Å². The molecule has 110 valence electrons. The van der Waals surface area contributed by atoms with E-state index in [-0.39, 0.29) is 0 Å². The van der Waals surface area contributed by atoms with Gasteiger partial charge in [0, 0.05) is 36.5 Å². The van der Waals surface area contributed by atoms with Crippen molar-refractivity contribution in [3.63, 3.8) is 0 Å². The number of hydrogen-bond donors (Lipinski definition) is 1. The van der Waals surface area contributed by atoms with Crippen molar-refractivity contribution in [2.45, 2.75) is 39.7 Å². The van der Waals surface area contributed by atoms with Crippen LogP contribution in [0, 0.1) is 6.92 Å². The maximum Gasteiger partial charge on any atom is 0.133 e. The van der Waals surface area contributed by atoms with Crippen LogP contribution in [0.25, 0.3) is 0 Å². The number of fused-ring (bicyclic) bond motifs is 1. The predicted octanol–water partition coefficient (Wildman–Crippen LogP) is 3.05. The highest BCUT2D eigenvalue weighted by atomic mass is 15.2. The van der Waals surface area contributed by atoms with Gasteiger partial charge in [-0.05, 0) is 36.6 Å². The SMILES string of the molecule is Cc1cc(N2CCc3ccc(N)cc3C2)nc(C(C)C)n1. The first-order valence-corrected chi connectivity index (χ1v) is 7.51. The summed E-state index contributed by atoms with van der Waals surface area (Å²) < 4.78 is 0. The molecule has 0 atom stereocenters. The molecule has 1 aromatic heterocycles. The molecule has 0 unspecified atom stereocenters. The first kappa shape index (κ1) is 13.9. The molecule has 1 aromatic carbocycles. The van der Waals surface area contributed by atoms with Crippen LogP contribution in [0.2, 0.25) is 0 Å². The molecule has 0 amide bonds. The van der Waals surface area contributed by atoms with E-state index in [1.165, 1.54) is 11.1 Å². The minimum absolute atomic E-state index is 0.344. The Kier molecular flexibility index (Phi) is 3.53. The average molecular weight is 282 g/mol. The van der Waals surface area contributed by atoms with Gasteiger partial charge < -0.3 is 10.6 Å². The summed E-state index contributed by atoms with van der Waals surface area (Å²) in [4.78, 5) is 11.6. The zero-order valence-electron chi connectivity index (χ0n) is 12.9. The summed E-state index contributed by atoms with van der Waals surface area (Å²) in [5.41, 5.74) is 10.5. The van der Waals surface area contributed by atoms with Gasteiger partial charge in [-0.25, -0.2) is 9.97 Å². The van der Waals surface area contributed by atoms with Gasteiger partial charge in [-0.15, -0.1) is 0 Å². The molecule has 1 aliphatic heterocycles. The van der Waals surface area contributed by atoms with Crippen molar-refractivity contribution in [2.24, 2.45) is 0 Å². The number of aryl methyl sites for hydroxylation is 1. The summed E-state index contributed by atoms with van der Waals surface area (Å²) in [5.74, 6) is 2.29. The number of nitrogens with two attached hydrogens (primary N) is 1. The molecule has 21 heavy (non-hydrogen) atoms. The van der Waals surface area contributed by atoms with Crippen molar-refractivity contribution in [1.29, 1.82) is 0 Å². The Morgan fingerprint density at radius 2 is 1.95 bits per heavy atom. The Balaban J connectivity index is 1.92. The van der Waals surface area contributed by atoms with Crippen LogP contribution in [0.5, 0.6) is 0 Å². The average Bonchev–Trinajstić information content (AvgIpc) is 2.45. The zero-order chi connectivity index (χ0) is 15.0. The molecular weight excluding hydrogens is 260 g/mol. The third-order valence-corrected chi connectivity index (χ3v) is 3.94. The fraction of sp³-hybridized carbons (Fsp3) is 0.412. The van der Waals surface area contributed by atoms with Crippen LogP contribution >= 0.6 is 0 Å². The molecule has 0 saturated heterocycles. The molecule has 2 heterocycles. The highest BCUT2D eigenvalue weighted by Gasteiger charge is 2.19. The van der Waals surface area contributed by atoms with Crippen LogP contribution in [0.15, 0.2) is 24.3 Å². The first-order chi connectivity index (χ1) is 10.0. The van der Waals surface area contributed by atoms with E-state index in [1.54, 1.807) is 0 Å². The molecule has 0 aliphatic carbocycles. The van der Waals surface area contributed by atoms with Crippen LogP contribution in [0.1, 0.15) is 42.4 Å². The molecule has 0 bridgehead atoms. The van der Waals surface area contributed by atoms with Crippen molar-refractivity contribution < 1.29 is 0 Å². The lowest BCUT2D eigenvalue weighted by molar-refractivity contribution is 0.700. The van der Waals surface area contributed by atoms with Gasteiger partial charge in [0.2, 0.25) is 0 Å². The minimum atomic E-state index is 0.344. The van der Waals surface area contributed by atoms with Crippen molar-refractivity contribution in [3.05, 3.63) is 46.9 Å². The van der Waals surface area contributed by atoms with Gasteiger partial charge >= 0.3 is 0 Å². The van der Waals surface area contributed by atoms with E-state index in [1.807, 2.05) is 13.0 Å². The largest absolute Gasteiger partial charge is 0.399 e. The molecule has 0 spiro atoms. The second kappa shape index (κ2) is 5.35. The Morgan fingerprint density at radius 1 is 1.14 bits per heavy atom. The molecule has 0 radical (unpaired) electrons. The maximum atomic E-state index is 5.91. The lowest BCUT2D eigenvalue weighted by atomic mass is 9.99. The summed E-state index contributed by atoms with van der Waals surface area (Å²) in [6.45, 7) is 8.15. The van der Waals surface area contributed by atoms with E-state index in [0.717, 1.165) is 42.5 Å². The van der Waals surface area contributed by atoms with Crippen LogP contribution in [0.3, 0.4) is 0 Å². The monoisotopic (exact) mass is 282 g/mol. The fourth-order valence-corrected chi connectivity index (χ4v) is 2.77. The highest BCUT2D eigenvalue weighted by molar-refractivity contribution is 5.50. The Bertz CT molecular complexity index is 664. The van der Waals surface area contributed by atoms with E-state index in [2.05, 4.69) is 41.9 Å². The second-order valence-corrected chi connectivity index (χ2v) is 6.08. The van der Waals surface area contributed by atoms with Gasteiger partial charge in [-0.1, -0.05) is 19.9 Å². The number of aromatic nitrogens is 2. The van der Waals surface area contributed by atoms with Crippen molar-refractivity contribution >= 4 is 11.5 Å². The lowest BCUT2D eigenvalue weighted by Gasteiger charge is -2.30. The summed E-state index contributed by atoms with van der Waals surface area (Å²) in [6.07, 6.45) is 1.04. The second-order valence-electron chi connectivity index (χ2n) is 6.08. The Morgan fingerprint density at radius 3 is 2.71 bits per heavy atom. The number of hydrogen-bond acceptors (Lipinski definition) is 4. The molecule has 4 nitrogen and oxygen atoms in total. The van der Waals surface area contributed by atoms with E-state index in [0.29, 0.717) is 5.92 Å². The van der Waals surface area contributed by atoms with Crippen molar-refractivity contribution in [2.75, 3.05) is 17.2 Å². The molecule has 0 fully saturated rings. The fourth-order valence-electron chi connectivity index (χ4n) is 2.77. The van der Waals surface area contributed by atoms with Crippen LogP contribution in [-0.2, 0) is 13.0 Å². The van der Waals surface area contributed by atoms with Crippen LogP contribution < -0.4 is 10.6 Å². The summed E-state index contributed by atoms with van der Waals surface area (Å²) >= 11 is 0. The lowest BCUT2D eigenvalue weighted by Crippen LogP contribution is -2.31. The summed E-state index contributed by atoms with van der Waals surface area (Å²) in [7, 11) is 0. The predicted molar refractivity (Wildman–Crippen MR) is 86.5 cm³/mol. The van der Waals surface area contributed by atoms with Gasteiger partial charge in [0.05, 0.1) is 0 Å². The Hall–Kier alpha value is -2.10.